The van der Waals surface area contributed by atoms with Crippen molar-refractivity contribution in [2.45, 2.75) is 13.0 Å². The highest BCUT2D eigenvalue weighted by molar-refractivity contribution is 5.48. The second kappa shape index (κ2) is 9.38. The molecule has 25 heavy (non-hydrogen) atoms. The number of methoxy groups -OCH3 is 1. The molecule has 0 fully saturated rings. The number of nitrogens with one attached hydrogen (secondary N) is 2. The number of aromatic nitrogens is 2. The van der Waals surface area contributed by atoms with Crippen LogP contribution in [0.25, 0.3) is 0 Å². The molecule has 0 bridgehead atoms. The molecule has 1 aromatic heterocycles. The van der Waals surface area contributed by atoms with Crippen LogP contribution in [-0.2, 0) is 11.3 Å². The Kier molecular flexibility index (Phi) is 6.90. The molecule has 0 unspecified atom stereocenters. The van der Waals surface area contributed by atoms with E-state index in [0.717, 1.165) is 0 Å². The summed E-state index contributed by atoms with van der Waals surface area (Å²) in [6.07, 6.45) is 0.383. The molecule has 2 aromatic rings. The molecule has 0 atom stereocenters. The van der Waals surface area contributed by atoms with Crippen LogP contribution in [0.4, 0.5) is 14.5 Å². The van der Waals surface area contributed by atoms with E-state index in [0.29, 0.717) is 18.0 Å². The molecular weight excluding hydrogens is 332 g/mol. The summed E-state index contributed by atoms with van der Waals surface area (Å²) in [4.78, 5) is 8.08. The second-order valence-corrected chi connectivity index (χ2v) is 4.87. The van der Waals surface area contributed by atoms with Gasteiger partial charge in [-0.2, -0.15) is 10.1 Å². The summed E-state index contributed by atoms with van der Waals surface area (Å²) in [6.45, 7) is 0.272. The summed E-state index contributed by atoms with van der Waals surface area (Å²) in [6, 6.07) is 7.62. The van der Waals surface area contributed by atoms with Gasteiger partial charge in [-0.3, -0.25) is 0 Å². The van der Waals surface area contributed by atoms with Crippen LogP contribution in [-0.4, -0.2) is 23.7 Å². The minimum Gasteiger partial charge on any atom is -0.457 e. The number of ether oxygens (including phenoxy) is 2. The van der Waals surface area contributed by atoms with Crippen molar-refractivity contribution in [3.8, 4) is 6.01 Å². The fraction of sp³-hybridized carbons (Fsp3) is 0.250. The Morgan fingerprint density at radius 3 is 2.96 bits per heavy atom. The zero-order valence-electron chi connectivity index (χ0n) is 13.4. The number of alkyl halides is 2. The molecule has 0 saturated heterocycles. The van der Waals surface area contributed by atoms with Crippen LogP contribution >= 0.6 is 0 Å². The fourth-order valence-electron chi connectivity index (χ4n) is 1.85. The van der Waals surface area contributed by atoms with E-state index >= 15 is 0 Å². The quantitative estimate of drug-likeness (QED) is 0.669. The Morgan fingerprint density at radius 1 is 1.40 bits per heavy atom. The maximum absolute atomic E-state index is 12.7. The van der Waals surface area contributed by atoms with Gasteiger partial charge >= 0.3 is 6.01 Å². The number of halogens is 2. The Labute approximate surface area is 143 Å². The molecule has 7 nitrogen and oxygen atoms in total. The molecule has 0 aliphatic heterocycles. The average Bonchev–Trinajstić information content (AvgIpc) is 2.63. The van der Waals surface area contributed by atoms with Gasteiger partial charge in [0.05, 0.1) is 12.3 Å². The molecule has 1 heterocycles. The van der Waals surface area contributed by atoms with Crippen LogP contribution in [0.1, 0.15) is 17.7 Å². The Bertz CT molecular complexity index is 740. The van der Waals surface area contributed by atoms with Gasteiger partial charge in [-0.15, -0.1) is 0 Å². The second-order valence-electron chi connectivity index (χ2n) is 4.87. The SMILES string of the molecule is COCc1ccnc(OC/C(=C/Nc2cccc(C(F)F)c2)N=N)n1. The van der Waals surface area contributed by atoms with E-state index in [1.807, 2.05) is 0 Å². The van der Waals surface area contributed by atoms with Crippen LogP contribution in [0.3, 0.4) is 0 Å². The van der Waals surface area contributed by atoms with E-state index in [4.69, 9.17) is 15.0 Å². The predicted molar refractivity (Wildman–Crippen MR) is 86.5 cm³/mol. The molecule has 1 aromatic carbocycles. The molecule has 0 spiro atoms. The zero-order valence-corrected chi connectivity index (χ0v) is 13.4. The first-order valence-corrected chi connectivity index (χ1v) is 7.27. The Balaban J connectivity index is 1.97. The largest absolute Gasteiger partial charge is 0.457 e. The van der Waals surface area contributed by atoms with Crippen molar-refractivity contribution in [2.24, 2.45) is 5.11 Å². The molecular formula is C16H17F2N5O2. The smallest absolute Gasteiger partial charge is 0.317 e. The summed E-state index contributed by atoms with van der Waals surface area (Å²) in [5, 5.41) is 6.14. The predicted octanol–water partition coefficient (Wildman–Crippen LogP) is 3.92. The van der Waals surface area contributed by atoms with Crippen molar-refractivity contribution >= 4 is 5.69 Å². The topological polar surface area (TPSA) is 92.5 Å². The third-order valence-electron chi connectivity index (χ3n) is 3.02. The van der Waals surface area contributed by atoms with E-state index in [1.54, 1.807) is 19.2 Å². The number of rotatable bonds is 9. The number of benzene rings is 1. The highest BCUT2D eigenvalue weighted by atomic mass is 19.3. The van der Waals surface area contributed by atoms with Gasteiger partial charge in [0, 0.05) is 30.8 Å². The zero-order chi connectivity index (χ0) is 18.1. The van der Waals surface area contributed by atoms with Gasteiger partial charge in [0.25, 0.3) is 6.43 Å². The van der Waals surface area contributed by atoms with E-state index in [1.165, 1.54) is 30.6 Å². The molecule has 2 rings (SSSR count). The van der Waals surface area contributed by atoms with Crippen molar-refractivity contribution in [3.63, 3.8) is 0 Å². The summed E-state index contributed by atoms with van der Waals surface area (Å²) in [5.41, 5.74) is 8.42. The lowest BCUT2D eigenvalue weighted by Gasteiger charge is -2.07. The molecule has 0 amide bonds. The Hall–Kier alpha value is -2.94. The van der Waals surface area contributed by atoms with Gasteiger partial charge in [0.2, 0.25) is 0 Å². The third kappa shape index (κ3) is 5.88. The number of hydrogen-bond acceptors (Lipinski definition) is 7. The van der Waals surface area contributed by atoms with Gasteiger partial charge in [-0.1, -0.05) is 12.1 Å². The summed E-state index contributed by atoms with van der Waals surface area (Å²) >= 11 is 0. The fourth-order valence-corrected chi connectivity index (χ4v) is 1.85. The molecule has 0 radical (unpaired) electrons. The van der Waals surface area contributed by atoms with Gasteiger partial charge in [0.15, 0.2) is 0 Å². The van der Waals surface area contributed by atoms with Gasteiger partial charge in [-0.25, -0.2) is 19.3 Å². The standard InChI is InChI=1S/C16H17F2N5O2/c1-24-9-13-5-6-20-16(22-13)25-10-14(23-19)8-21-12-4-2-3-11(7-12)15(17)18/h2-8,15,19,21H,9-10H2,1H3/b14-8-,23-19?. The number of nitrogens with zero attached hydrogens (tertiary/aromatic N) is 3. The van der Waals surface area contributed by atoms with Crippen LogP contribution in [0.5, 0.6) is 6.01 Å². The molecule has 9 heteroatoms. The highest BCUT2D eigenvalue weighted by Crippen LogP contribution is 2.21. The summed E-state index contributed by atoms with van der Waals surface area (Å²) < 4.78 is 35.7. The molecule has 0 aliphatic carbocycles. The lowest BCUT2D eigenvalue weighted by molar-refractivity contribution is 0.151. The highest BCUT2D eigenvalue weighted by Gasteiger charge is 2.07. The van der Waals surface area contributed by atoms with E-state index < -0.39 is 6.43 Å². The monoisotopic (exact) mass is 349 g/mol. The summed E-state index contributed by atoms with van der Waals surface area (Å²) in [5.74, 6) is 0. The van der Waals surface area contributed by atoms with Crippen molar-refractivity contribution in [1.29, 1.82) is 5.53 Å². The van der Waals surface area contributed by atoms with Crippen LogP contribution in [0.2, 0.25) is 0 Å². The minimum absolute atomic E-state index is 0.0541. The van der Waals surface area contributed by atoms with E-state index in [2.05, 4.69) is 20.4 Å². The summed E-state index contributed by atoms with van der Waals surface area (Å²) in [7, 11) is 1.55. The lowest BCUT2D eigenvalue weighted by atomic mass is 10.2. The Morgan fingerprint density at radius 2 is 2.24 bits per heavy atom. The van der Waals surface area contributed by atoms with E-state index in [-0.39, 0.29) is 23.9 Å². The van der Waals surface area contributed by atoms with Crippen molar-refractivity contribution in [2.75, 3.05) is 19.0 Å². The molecule has 0 aliphatic rings. The van der Waals surface area contributed by atoms with Gasteiger partial charge in [0.1, 0.15) is 12.3 Å². The number of hydrogen-bond donors (Lipinski definition) is 2. The van der Waals surface area contributed by atoms with Crippen LogP contribution in [0, 0.1) is 5.53 Å². The van der Waals surface area contributed by atoms with Crippen LogP contribution in [0.15, 0.2) is 53.5 Å². The minimum atomic E-state index is -2.55. The van der Waals surface area contributed by atoms with Crippen molar-refractivity contribution in [1.82, 2.24) is 9.97 Å². The lowest BCUT2D eigenvalue weighted by Crippen LogP contribution is -2.05. The first-order valence-electron chi connectivity index (χ1n) is 7.27. The molecule has 2 N–H and O–H groups in total. The molecule has 0 saturated carbocycles. The van der Waals surface area contributed by atoms with Crippen LogP contribution < -0.4 is 10.1 Å². The maximum Gasteiger partial charge on any atom is 0.317 e. The van der Waals surface area contributed by atoms with Gasteiger partial charge in [-0.05, 0) is 18.2 Å². The van der Waals surface area contributed by atoms with Crippen molar-refractivity contribution in [3.05, 3.63) is 59.7 Å². The first-order chi connectivity index (χ1) is 12.1. The normalized spacial score (nSPS) is 11.4. The maximum atomic E-state index is 12.7. The third-order valence-corrected chi connectivity index (χ3v) is 3.02. The first kappa shape index (κ1) is 18.4. The number of anilines is 1. The average molecular weight is 349 g/mol. The van der Waals surface area contributed by atoms with Gasteiger partial charge < -0.3 is 14.8 Å². The van der Waals surface area contributed by atoms with Crippen molar-refractivity contribution < 1.29 is 18.3 Å². The van der Waals surface area contributed by atoms with E-state index in [9.17, 15) is 8.78 Å². The molecule has 132 valence electrons.